The van der Waals surface area contributed by atoms with Crippen LogP contribution in [0.2, 0.25) is 0 Å². The lowest BCUT2D eigenvalue weighted by Gasteiger charge is -2.33. The number of rotatable bonds is 4. The van der Waals surface area contributed by atoms with Crippen LogP contribution in [0.1, 0.15) is 79.5 Å². The molecule has 0 spiro atoms. The van der Waals surface area contributed by atoms with E-state index in [4.69, 9.17) is 4.74 Å². The molecular formula is C23H36O2. The van der Waals surface area contributed by atoms with Crippen molar-refractivity contribution in [3.63, 3.8) is 0 Å². The second-order valence-electron chi connectivity index (χ2n) is 10.2. The Balaban J connectivity index is 3.02. The summed E-state index contributed by atoms with van der Waals surface area (Å²) >= 11 is 0. The van der Waals surface area contributed by atoms with Crippen LogP contribution >= 0.6 is 0 Å². The Hall–Kier alpha value is -1.57. The molecule has 0 saturated carbocycles. The Morgan fingerprint density at radius 2 is 1.40 bits per heavy atom. The topological polar surface area (TPSA) is 26.3 Å². The molecule has 1 aromatic rings. The molecule has 0 N–H and O–H groups in total. The van der Waals surface area contributed by atoms with E-state index in [0.717, 1.165) is 12.0 Å². The maximum Gasteiger partial charge on any atom is 0.311 e. The highest BCUT2D eigenvalue weighted by Crippen LogP contribution is 2.38. The van der Waals surface area contributed by atoms with Gasteiger partial charge in [-0.3, -0.25) is 4.79 Å². The largest absolute Gasteiger partial charge is 0.457 e. The molecule has 1 atom stereocenters. The molecule has 25 heavy (non-hydrogen) atoms. The van der Waals surface area contributed by atoms with Gasteiger partial charge in [0, 0.05) is 5.41 Å². The third-order valence-electron chi connectivity index (χ3n) is 4.38. The van der Waals surface area contributed by atoms with E-state index in [-0.39, 0.29) is 22.9 Å². The predicted octanol–water partition coefficient (Wildman–Crippen LogP) is 6.51. The standard InChI is InChI=1S/C23H36O2/c1-16(21(2,3)4)15-17-11-13-18(14-12-17)19(22(5,6)7)25-20(24)23(8,9)10/h11-14,19H,1,15H2,2-10H3. The summed E-state index contributed by atoms with van der Waals surface area (Å²) in [5, 5.41) is 0. The quantitative estimate of drug-likeness (QED) is 0.460. The molecule has 0 aliphatic rings. The van der Waals surface area contributed by atoms with Crippen molar-refractivity contribution in [2.45, 2.75) is 74.8 Å². The lowest BCUT2D eigenvalue weighted by atomic mass is 9.82. The minimum absolute atomic E-state index is 0.106. The van der Waals surface area contributed by atoms with Crippen molar-refractivity contribution >= 4 is 5.97 Å². The summed E-state index contributed by atoms with van der Waals surface area (Å²) < 4.78 is 5.88. The van der Waals surface area contributed by atoms with E-state index in [2.05, 4.69) is 72.4 Å². The van der Waals surface area contributed by atoms with Gasteiger partial charge in [-0.2, -0.15) is 0 Å². The van der Waals surface area contributed by atoms with Gasteiger partial charge in [-0.1, -0.05) is 78.0 Å². The van der Waals surface area contributed by atoms with Crippen LogP contribution in [-0.4, -0.2) is 5.97 Å². The summed E-state index contributed by atoms with van der Waals surface area (Å²) in [6.07, 6.45) is 0.602. The summed E-state index contributed by atoms with van der Waals surface area (Å²) in [6, 6.07) is 8.40. The Labute approximate surface area is 154 Å². The van der Waals surface area contributed by atoms with Gasteiger partial charge in [0.2, 0.25) is 0 Å². The monoisotopic (exact) mass is 344 g/mol. The van der Waals surface area contributed by atoms with Gasteiger partial charge in [0.15, 0.2) is 0 Å². The van der Waals surface area contributed by atoms with Crippen molar-refractivity contribution in [1.82, 2.24) is 0 Å². The van der Waals surface area contributed by atoms with E-state index in [1.54, 1.807) is 0 Å². The normalized spacial score (nSPS) is 14.1. The average molecular weight is 345 g/mol. The Kier molecular flexibility index (Phi) is 6.32. The zero-order valence-electron chi connectivity index (χ0n) is 17.6. The molecule has 0 fully saturated rings. The van der Waals surface area contributed by atoms with E-state index in [1.165, 1.54) is 11.1 Å². The number of ether oxygens (including phenoxy) is 1. The second kappa shape index (κ2) is 7.35. The molecule has 0 bridgehead atoms. The van der Waals surface area contributed by atoms with Crippen LogP contribution in [0.25, 0.3) is 0 Å². The molecule has 1 unspecified atom stereocenters. The number of esters is 1. The molecule has 1 aromatic carbocycles. The van der Waals surface area contributed by atoms with Gasteiger partial charge < -0.3 is 4.74 Å². The SMILES string of the molecule is C=C(Cc1ccc(C(OC(=O)C(C)(C)C)C(C)(C)C)cc1)C(C)(C)C. The van der Waals surface area contributed by atoms with Crippen molar-refractivity contribution in [2.24, 2.45) is 16.2 Å². The number of hydrogen-bond acceptors (Lipinski definition) is 2. The Morgan fingerprint density at radius 1 is 0.920 bits per heavy atom. The van der Waals surface area contributed by atoms with Crippen LogP contribution in [0.5, 0.6) is 0 Å². The molecule has 0 aliphatic carbocycles. The molecule has 0 aliphatic heterocycles. The van der Waals surface area contributed by atoms with Crippen LogP contribution in [-0.2, 0) is 16.0 Å². The first-order valence-electron chi connectivity index (χ1n) is 9.10. The predicted molar refractivity (Wildman–Crippen MR) is 106 cm³/mol. The molecule has 2 nitrogen and oxygen atoms in total. The zero-order valence-corrected chi connectivity index (χ0v) is 17.6. The molecule has 1 rings (SSSR count). The fraction of sp³-hybridized carbons (Fsp3) is 0.609. The summed E-state index contributed by atoms with van der Waals surface area (Å²) in [5.41, 5.74) is 2.92. The summed E-state index contributed by atoms with van der Waals surface area (Å²) in [6.45, 7) is 22.7. The number of benzene rings is 1. The maximum atomic E-state index is 12.4. The van der Waals surface area contributed by atoms with Gasteiger partial charge in [0.1, 0.15) is 6.10 Å². The number of carbonyl (C=O) groups is 1. The third-order valence-corrected chi connectivity index (χ3v) is 4.38. The molecule has 0 aromatic heterocycles. The molecule has 0 saturated heterocycles. The Morgan fingerprint density at radius 3 is 1.76 bits per heavy atom. The number of hydrogen-bond donors (Lipinski definition) is 0. The number of carbonyl (C=O) groups excluding carboxylic acids is 1. The van der Waals surface area contributed by atoms with Crippen LogP contribution in [0.3, 0.4) is 0 Å². The van der Waals surface area contributed by atoms with Crippen molar-refractivity contribution in [1.29, 1.82) is 0 Å². The van der Waals surface area contributed by atoms with Gasteiger partial charge >= 0.3 is 5.97 Å². The molecule has 0 heterocycles. The van der Waals surface area contributed by atoms with Gasteiger partial charge in [-0.15, -0.1) is 0 Å². The fourth-order valence-corrected chi connectivity index (χ4v) is 2.35. The van der Waals surface area contributed by atoms with Gasteiger partial charge in [0.25, 0.3) is 0 Å². The van der Waals surface area contributed by atoms with Crippen molar-refractivity contribution in [3.8, 4) is 0 Å². The minimum Gasteiger partial charge on any atom is -0.457 e. The van der Waals surface area contributed by atoms with E-state index in [0.29, 0.717) is 0 Å². The van der Waals surface area contributed by atoms with Gasteiger partial charge in [-0.05, 0) is 43.7 Å². The maximum absolute atomic E-state index is 12.4. The summed E-state index contributed by atoms with van der Waals surface area (Å²) in [5.74, 6) is -0.169. The van der Waals surface area contributed by atoms with Gasteiger partial charge in [0.05, 0.1) is 5.41 Å². The smallest absolute Gasteiger partial charge is 0.311 e. The van der Waals surface area contributed by atoms with Crippen LogP contribution in [0, 0.1) is 16.2 Å². The van der Waals surface area contributed by atoms with Gasteiger partial charge in [-0.25, -0.2) is 0 Å². The third kappa shape index (κ3) is 6.34. The summed E-state index contributed by atoms with van der Waals surface area (Å²) in [4.78, 5) is 12.4. The van der Waals surface area contributed by atoms with E-state index < -0.39 is 5.41 Å². The van der Waals surface area contributed by atoms with Crippen LogP contribution in [0.4, 0.5) is 0 Å². The molecule has 140 valence electrons. The fourth-order valence-electron chi connectivity index (χ4n) is 2.35. The van der Waals surface area contributed by atoms with E-state index in [9.17, 15) is 4.79 Å². The first kappa shape index (κ1) is 21.5. The van der Waals surface area contributed by atoms with Crippen molar-refractivity contribution < 1.29 is 9.53 Å². The lowest BCUT2D eigenvalue weighted by Crippen LogP contribution is -2.30. The van der Waals surface area contributed by atoms with Crippen molar-refractivity contribution in [3.05, 3.63) is 47.5 Å². The van der Waals surface area contributed by atoms with Crippen LogP contribution < -0.4 is 0 Å². The average Bonchev–Trinajstić information content (AvgIpc) is 2.42. The highest BCUT2D eigenvalue weighted by molar-refractivity contribution is 5.75. The number of allylic oxidation sites excluding steroid dienone is 1. The lowest BCUT2D eigenvalue weighted by molar-refractivity contribution is -0.165. The summed E-state index contributed by atoms with van der Waals surface area (Å²) in [7, 11) is 0. The van der Waals surface area contributed by atoms with E-state index >= 15 is 0 Å². The molecule has 0 radical (unpaired) electrons. The minimum atomic E-state index is -0.506. The molecular weight excluding hydrogens is 308 g/mol. The van der Waals surface area contributed by atoms with Crippen LogP contribution in [0.15, 0.2) is 36.4 Å². The Bertz CT molecular complexity index is 601. The highest BCUT2D eigenvalue weighted by atomic mass is 16.5. The first-order valence-corrected chi connectivity index (χ1v) is 9.10. The van der Waals surface area contributed by atoms with E-state index in [1.807, 2.05) is 20.8 Å². The highest BCUT2D eigenvalue weighted by Gasteiger charge is 2.33. The molecule has 0 amide bonds. The zero-order chi connectivity index (χ0) is 19.6. The second-order valence-corrected chi connectivity index (χ2v) is 10.2. The van der Waals surface area contributed by atoms with Crippen molar-refractivity contribution in [2.75, 3.05) is 0 Å². The first-order chi connectivity index (χ1) is 11.1. The molecule has 2 heteroatoms.